The molecule has 3 amide bonds. The van der Waals surface area contributed by atoms with Crippen molar-refractivity contribution in [1.29, 1.82) is 0 Å². The van der Waals surface area contributed by atoms with Crippen LogP contribution in [-0.4, -0.2) is 46.9 Å². The third-order valence-corrected chi connectivity index (χ3v) is 3.46. The van der Waals surface area contributed by atoms with Crippen molar-refractivity contribution in [3.05, 3.63) is 11.5 Å². The zero-order valence-corrected chi connectivity index (χ0v) is 14.2. The van der Waals surface area contributed by atoms with Gasteiger partial charge in [-0.15, -0.1) is 0 Å². The molecule has 8 heteroatoms. The van der Waals surface area contributed by atoms with E-state index in [4.69, 9.17) is 9.26 Å². The predicted molar refractivity (Wildman–Crippen MR) is 84.3 cm³/mol. The Balaban J connectivity index is 1.85. The molecule has 1 aromatic heterocycles. The highest BCUT2D eigenvalue weighted by molar-refractivity contribution is 5.90. The smallest absolute Gasteiger partial charge is 0.407 e. The van der Waals surface area contributed by atoms with E-state index in [1.807, 2.05) is 20.8 Å². The number of urea groups is 1. The van der Waals surface area contributed by atoms with Gasteiger partial charge in [0.1, 0.15) is 17.0 Å². The van der Waals surface area contributed by atoms with Gasteiger partial charge in [0.05, 0.1) is 6.04 Å². The molecular weight excluding hydrogens is 300 g/mol. The molecule has 1 saturated heterocycles. The maximum atomic E-state index is 12.3. The van der Waals surface area contributed by atoms with Gasteiger partial charge in [0.15, 0.2) is 5.76 Å². The van der Waals surface area contributed by atoms with Gasteiger partial charge in [0, 0.05) is 13.1 Å². The number of carbonyl (C=O) groups excluding carboxylic acids is 2. The van der Waals surface area contributed by atoms with E-state index in [1.54, 1.807) is 18.7 Å². The van der Waals surface area contributed by atoms with Crippen molar-refractivity contribution in [1.82, 2.24) is 15.4 Å². The molecule has 2 heterocycles. The highest BCUT2D eigenvalue weighted by Gasteiger charge is 2.29. The first kappa shape index (κ1) is 17.1. The van der Waals surface area contributed by atoms with E-state index in [0.717, 1.165) is 0 Å². The second-order valence-electron chi connectivity index (χ2n) is 6.71. The van der Waals surface area contributed by atoms with Crippen LogP contribution >= 0.6 is 0 Å². The molecule has 0 aliphatic carbocycles. The molecule has 1 aliphatic rings. The Hall–Kier alpha value is -2.25. The van der Waals surface area contributed by atoms with Crippen LogP contribution in [0.2, 0.25) is 0 Å². The first-order chi connectivity index (χ1) is 10.7. The normalized spacial score (nSPS) is 18.0. The van der Waals surface area contributed by atoms with Gasteiger partial charge in [-0.05, 0) is 41.0 Å². The molecule has 0 unspecified atom stereocenters. The minimum Gasteiger partial charge on any atom is -0.444 e. The van der Waals surface area contributed by atoms with Crippen molar-refractivity contribution in [2.45, 2.75) is 52.7 Å². The maximum absolute atomic E-state index is 12.3. The third-order valence-electron chi connectivity index (χ3n) is 3.46. The SMILES string of the molecule is Cc1noc(C)c1NC(=O)N1CC[C@@H](NC(=O)OC(C)(C)C)C1. The molecule has 1 fully saturated rings. The Kier molecular flexibility index (Phi) is 4.82. The zero-order valence-electron chi connectivity index (χ0n) is 14.2. The summed E-state index contributed by atoms with van der Waals surface area (Å²) in [5.41, 5.74) is 0.695. The van der Waals surface area contributed by atoms with Crippen LogP contribution in [0.3, 0.4) is 0 Å². The minimum atomic E-state index is -0.539. The summed E-state index contributed by atoms with van der Waals surface area (Å²) in [7, 11) is 0. The van der Waals surface area contributed by atoms with Gasteiger partial charge in [-0.25, -0.2) is 9.59 Å². The van der Waals surface area contributed by atoms with E-state index in [0.29, 0.717) is 36.7 Å². The summed E-state index contributed by atoms with van der Waals surface area (Å²) >= 11 is 0. The average molecular weight is 324 g/mol. The van der Waals surface area contributed by atoms with E-state index >= 15 is 0 Å². The number of nitrogens with one attached hydrogen (secondary N) is 2. The van der Waals surface area contributed by atoms with Crippen molar-refractivity contribution in [2.24, 2.45) is 0 Å². The summed E-state index contributed by atoms with van der Waals surface area (Å²) in [6, 6.07) is -0.340. The fourth-order valence-corrected chi connectivity index (χ4v) is 2.38. The van der Waals surface area contributed by atoms with Gasteiger partial charge >= 0.3 is 12.1 Å². The lowest BCUT2D eigenvalue weighted by molar-refractivity contribution is 0.0506. The predicted octanol–water partition coefficient (Wildman–Crippen LogP) is 2.42. The second-order valence-corrected chi connectivity index (χ2v) is 6.71. The van der Waals surface area contributed by atoms with E-state index in [9.17, 15) is 9.59 Å². The monoisotopic (exact) mass is 324 g/mol. The van der Waals surface area contributed by atoms with Crippen molar-refractivity contribution in [3.8, 4) is 0 Å². The summed E-state index contributed by atoms with van der Waals surface area (Å²) in [6.07, 6.45) is 0.226. The second kappa shape index (κ2) is 6.47. The number of ether oxygens (including phenoxy) is 1. The first-order valence-corrected chi connectivity index (χ1v) is 7.64. The van der Waals surface area contributed by atoms with Gasteiger partial charge < -0.3 is 24.8 Å². The van der Waals surface area contributed by atoms with E-state index < -0.39 is 11.7 Å². The molecule has 128 valence electrons. The van der Waals surface area contributed by atoms with Crippen LogP contribution in [0.1, 0.15) is 38.6 Å². The maximum Gasteiger partial charge on any atom is 0.407 e. The lowest BCUT2D eigenvalue weighted by Crippen LogP contribution is -2.42. The van der Waals surface area contributed by atoms with Gasteiger partial charge in [0.25, 0.3) is 0 Å². The van der Waals surface area contributed by atoms with Crippen molar-refractivity contribution < 1.29 is 18.8 Å². The Morgan fingerprint density at radius 2 is 2.04 bits per heavy atom. The molecule has 0 radical (unpaired) electrons. The molecule has 0 spiro atoms. The molecule has 2 N–H and O–H groups in total. The topological polar surface area (TPSA) is 96.7 Å². The minimum absolute atomic E-state index is 0.111. The van der Waals surface area contributed by atoms with Gasteiger partial charge in [-0.3, -0.25) is 0 Å². The number of carbonyl (C=O) groups is 2. The fourth-order valence-electron chi connectivity index (χ4n) is 2.38. The number of alkyl carbamates (subject to hydrolysis) is 1. The molecule has 1 aromatic rings. The summed E-state index contributed by atoms with van der Waals surface area (Å²) < 4.78 is 10.2. The van der Waals surface area contributed by atoms with Crippen LogP contribution in [0.15, 0.2) is 4.52 Å². The lowest BCUT2D eigenvalue weighted by Gasteiger charge is -2.22. The quantitative estimate of drug-likeness (QED) is 0.871. The number of aryl methyl sites for hydroxylation is 2. The van der Waals surface area contributed by atoms with Gasteiger partial charge in [-0.2, -0.15) is 0 Å². The van der Waals surface area contributed by atoms with Crippen LogP contribution in [-0.2, 0) is 4.74 Å². The Labute approximate surface area is 135 Å². The molecular formula is C15H24N4O4. The summed E-state index contributed by atoms with van der Waals surface area (Å²) in [4.78, 5) is 25.7. The number of anilines is 1. The molecule has 23 heavy (non-hydrogen) atoms. The van der Waals surface area contributed by atoms with Crippen molar-refractivity contribution in [2.75, 3.05) is 18.4 Å². The summed E-state index contributed by atoms with van der Waals surface area (Å²) in [5.74, 6) is 0.568. The van der Waals surface area contributed by atoms with Gasteiger partial charge in [0.2, 0.25) is 0 Å². The van der Waals surface area contributed by atoms with E-state index in [1.165, 1.54) is 0 Å². The number of nitrogens with zero attached hydrogens (tertiary/aromatic N) is 2. The van der Waals surface area contributed by atoms with Crippen LogP contribution in [0, 0.1) is 13.8 Å². The number of aromatic nitrogens is 1. The molecule has 2 rings (SSSR count). The Morgan fingerprint density at radius 1 is 1.35 bits per heavy atom. The van der Waals surface area contributed by atoms with Crippen molar-refractivity contribution in [3.63, 3.8) is 0 Å². The van der Waals surface area contributed by atoms with E-state index in [-0.39, 0.29) is 12.1 Å². The largest absolute Gasteiger partial charge is 0.444 e. The number of hydrogen-bond acceptors (Lipinski definition) is 5. The standard InChI is InChI=1S/C15H24N4O4/c1-9-12(10(2)23-18-9)17-13(20)19-7-6-11(8-19)16-14(21)22-15(3,4)5/h11H,6-8H2,1-5H3,(H,16,21)(H,17,20)/t11-/m1/s1. The molecule has 0 bridgehead atoms. The highest BCUT2D eigenvalue weighted by atomic mass is 16.6. The van der Waals surface area contributed by atoms with E-state index in [2.05, 4.69) is 15.8 Å². The molecule has 8 nitrogen and oxygen atoms in total. The molecule has 0 aromatic carbocycles. The fraction of sp³-hybridized carbons (Fsp3) is 0.667. The number of hydrogen-bond donors (Lipinski definition) is 2. The summed E-state index contributed by atoms with van der Waals surface area (Å²) in [6.45, 7) is 9.94. The van der Waals surface area contributed by atoms with Crippen LogP contribution < -0.4 is 10.6 Å². The molecule has 1 aliphatic heterocycles. The number of likely N-dealkylation sites (tertiary alicyclic amines) is 1. The Bertz CT molecular complexity index is 571. The highest BCUT2D eigenvalue weighted by Crippen LogP contribution is 2.20. The first-order valence-electron chi connectivity index (χ1n) is 7.64. The van der Waals surface area contributed by atoms with Crippen LogP contribution in [0.25, 0.3) is 0 Å². The number of rotatable bonds is 2. The van der Waals surface area contributed by atoms with Crippen molar-refractivity contribution >= 4 is 17.8 Å². The Morgan fingerprint density at radius 3 is 2.61 bits per heavy atom. The lowest BCUT2D eigenvalue weighted by atomic mass is 10.2. The van der Waals surface area contributed by atoms with Crippen LogP contribution in [0.5, 0.6) is 0 Å². The molecule has 1 atom stereocenters. The molecule has 0 saturated carbocycles. The third kappa shape index (κ3) is 4.61. The zero-order chi connectivity index (χ0) is 17.2. The summed E-state index contributed by atoms with van der Waals surface area (Å²) in [5, 5.41) is 9.39. The van der Waals surface area contributed by atoms with Gasteiger partial charge in [-0.1, -0.05) is 5.16 Å². The average Bonchev–Trinajstić information content (AvgIpc) is 2.98. The number of amides is 3. The van der Waals surface area contributed by atoms with Crippen LogP contribution in [0.4, 0.5) is 15.3 Å².